The number of nitrogens with two attached hydrogens (primary N) is 1. The highest BCUT2D eigenvalue weighted by molar-refractivity contribution is 9.10. The Hall–Kier alpha value is -1.72. The van der Waals surface area contributed by atoms with E-state index in [2.05, 4.69) is 15.9 Å². The van der Waals surface area contributed by atoms with Gasteiger partial charge in [-0.25, -0.2) is 0 Å². The van der Waals surface area contributed by atoms with Crippen molar-refractivity contribution in [3.63, 3.8) is 0 Å². The van der Waals surface area contributed by atoms with Crippen molar-refractivity contribution in [2.75, 3.05) is 6.79 Å². The number of hydrogen-bond acceptors (Lipinski definition) is 4. The van der Waals surface area contributed by atoms with Crippen LogP contribution in [0, 0.1) is 0 Å². The largest absolute Gasteiger partial charge is 0.489 e. The lowest BCUT2D eigenvalue weighted by atomic mass is 10.2. The number of benzene rings is 2. The topological polar surface area (TPSA) is 53.7 Å². The van der Waals surface area contributed by atoms with E-state index in [0.29, 0.717) is 13.2 Å². The predicted molar refractivity (Wildman–Crippen MR) is 78.9 cm³/mol. The van der Waals surface area contributed by atoms with Gasteiger partial charge in [-0.3, -0.25) is 0 Å². The van der Waals surface area contributed by atoms with Crippen LogP contribution in [0.2, 0.25) is 0 Å². The van der Waals surface area contributed by atoms with E-state index in [1.807, 2.05) is 36.4 Å². The van der Waals surface area contributed by atoms with Gasteiger partial charge in [0.2, 0.25) is 6.79 Å². The molecule has 1 aliphatic heterocycles. The summed E-state index contributed by atoms with van der Waals surface area (Å²) in [4.78, 5) is 0. The van der Waals surface area contributed by atoms with E-state index in [4.69, 9.17) is 19.9 Å². The molecule has 20 heavy (non-hydrogen) atoms. The highest BCUT2D eigenvalue weighted by atomic mass is 79.9. The molecule has 2 N–H and O–H groups in total. The number of ether oxygens (including phenoxy) is 3. The monoisotopic (exact) mass is 335 g/mol. The average molecular weight is 336 g/mol. The minimum Gasteiger partial charge on any atom is -0.489 e. The van der Waals surface area contributed by atoms with Crippen LogP contribution in [0.3, 0.4) is 0 Å². The molecule has 1 heterocycles. The summed E-state index contributed by atoms with van der Waals surface area (Å²) >= 11 is 3.43. The van der Waals surface area contributed by atoms with Gasteiger partial charge >= 0.3 is 0 Å². The van der Waals surface area contributed by atoms with Crippen molar-refractivity contribution < 1.29 is 14.2 Å². The molecule has 0 fully saturated rings. The van der Waals surface area contributed by atoms with Gasteiger partial charge < -0.3 is 19.9 Å². The lowest BCUT2D eigenvalue weighted by molar-refractivity contribution is 0.174. The van der Waals surface area contributed by atoms with Crippen LogP contribution >= 0.6 is 15.9 Å². The minimum atomic E-state index is 0.280. The fourth-order valence-corrected chi connectivity index (χ4v) is 2.36. The van der Waals surface area contributed by atoms with Crippen LogP contribution in [0.5, 0.6) is 17.2 Å². The summed E-state index contributed by atoms with van der Waals surface area (Å²) in [6.45, 7) is 1.19. The highest BCUT2D eigenvalue weighted by Crippen LogP contribution is 2.33. The van der Waals surface area contributed by atoms with Crippen LogP contribution in [0.1, 0.15) is 11.1 Å². The van der Waals surface area contributed by atoms with Gasteiger partial charge in [-0.15, -0.1) is 0 Å². The second-order valence-electron chi connectivity index (χ2n) is 4.43. The van der Waals surface area contributed by atoms with Crippen LogP contribution < -0.4 is 19.9 Å². The maximum Gasteiger partial charge on any atom is 0.231 e. The number of rotatable bonds is 4. The molecule has 0 atom stereocenters. The summed E-state index contributed by atoms with van der Waals surface area (Å²) in [5, 5.41) is 0. The van der Waals surface area contributed by atoms with E-state index in [-0.39, 0.29) is 6.79 Å². The zero-order chi connectivity index (χ0) is 13.9. The average Bonchev–Trinajstić information content (AvgIpc) is 2.92. The van der Waals surface area contributed by atoms with Crippen molar-refractivity contribution >= 4 is 15.9 Å². The molecule has 0 amide bonds. The molecule has 0 bridgehead atoms. The minimum absolute atomic E-state index is 0.280. The third-order valence-corrected chi connectivity index (χ3v) is 3.57. The molecule has 0 saturated carbocycles. The van der Waals surface area contributed by atoms with Crippen LogP contribution in [-0.2, 0) is 13.2 Å². The first-order valence-corrected chi connectivity index (χ1v) is 7.05. The smallest absolute Gasteiger partial charge is 0.231 e. The summed E-state index contributed by atoms with van der Waals surface area (Å²) in [6.07, 6.45) is 0. The Morgan fingerprint density at radius 3 is 2.80 bits per heavy atom. The van der Waals surface area contributed by atoms with E-state index < -0.39 is 0 Å². The van der Waals surface area contributed by atoms with E-state index in [0.717, 1.165) is 32.8 Å². The van der Waals surface area contributed by atoms with Gasteiger partial charge in [0.1, 0.15) is 12.4 Å². The molecular formula is C15H14BrNO3. The van der Waals surface area contributed by atoms with E-state index >= 15 is 0 Å². The van der Waals surface area contributed by atoms with Crippen molar-refractivity contribution in [3.8, 4) is 17.2 Å². The number of fused-ring (bicyclic) bond motifs is 1. The fraction of sp³-hybridized carbons (Fsp3) is 0.200. The van der Waals surface area contributed by atoms with Gasteiger partial charge in [0.05, 0.1) is 0 Å². The normalized spacial score (nSPS) is 12.5. The Labute approximate surface area is 125 Å². The standard InChI is InChI=1S/C15H14BrNO3/c16-12-3-2-11(7-17)14(6-12)18-8-10-1-4-13-15(5-10)20-9-19-13/h1-6H,7-9,17H2. The summed E-state index contributed by atoms with van der Waals surface area (Å²) < 4.78 is 17.4. The zero-order valence-electron chi connectivity index (χ0n) is 10.8. The maximum absolute atomic E-state index is 5.85. The Bertz CT molecular complexity index is 631. The number of hydrogen-bond donors (Lipinski definition) is 1. The molecule has 0 radical (unpaired) electrons. The first kappa shape index (κ1) is 13.3. The van der Waals surface area contributed by atoms with Crippen molar-refractivity contribution in [1.29, 1.82) is 0 Å². The van der Waals surface area contributed by atoms with Crippen molar-refractivity contribution in [1.82, 2.24) is 0 Å². The molecule has 4 nitrogen and oxygen atoms in total. The Morgan fingerprint density at radius 2 is 1.95 bits per heavy atom. The zero-order valence-corrected chi connectivity index (χ0v) is 12.4. The summed E-state index contributed by atoms with van der Waals surface area (Å²) in [6, 6.07) is 11.6. The molecule has 0 aliphatic carbocycles. The molecule has 5 heteroatoms. The van der Waals surface area contributed by atoms with E-state index in [1.165, 1.54) is 0 Å². The molecule has 0 unspecified atom stereocenters. The highest BCUT2D eigenvalue weighted by Gasteiger charge is 2.13. The van der Waals surface area contributed by atoms with Gasteiger partial charge in [0.15, 0.2) is 11.5 Å². The second kappa shape index (κ2) is 5.73. The lowest BCUT2D eigenvalue weighted by Gasteiger charge is -2.11. The van der Waals surface area contributed by atoms with E-state index in [1.54, 1.807) is 0 Å². The molecule has 104 valence electrons. The maximum atomic E-state index is 5.85. The van der Waals surface area contributed by atoms with Gasteiger partial charge in [-0.2, -0.15) is 0 Å². The molecule has 3 rings (SSSR count). The lowest BCUT2D eigenvalue weighted by Crippen LogP contribution is -2.02. The first-order chi connectivity index (χ1) is 9.76. The molecule has 2 aromatic carbocycles. The first-order valence-electron chi connectivity index (χ1n) is 6.26. The van der Waals surface area contributed by atoms with E-state index in [9.17, 15) is 0 Å². The fourth-order valence-electron chi connectivity index (χ4n) is 2.02. The summed E-state index contributed by atoms with van der Waals surface area (Å²) in [7, 11) is 0. The molecule has 2 aromatic rings. The van der Waals surface area contributed by atoms with Crippen molar-refractivity contribution in [3.05, 3.63) is 52.0 Å². The van der Waals surface area contributed by atoms with Gasteiger partial charge in [0, 0.05) is 16.6 Å². The summed E-state index contributed by atoms with van der Waals surface area (Å²) in [5.74, 6) is 2.33. The number of halogens is 1. The molecule has 0 aromatic heterocycles. The molecule has 0 spiro atoms. The Morgan fingerprint density at radius 1 is 1.10 bits per heavy atom. The summed E-state index contributed by atoms with van der Waals surface area (Å²) in [5.41, 5.74) is 7.72. The van der Waals surface area contributed by atoms with Crippen LogP contribution in [0.4, 0.5) is 0 Å². The molecule has 0 saturated heterocycles. The third-order valence-electron chi connectivity index (χ3n) is 3.08. The van der Waals surface area contributed by atoms with Gasteiger partial charge in [0.25, 0.3) is 0 Å². The van der Waals surface area contributed by atoms with Gasteiger partial charge in [-0.1, -0.05) is 28.1 Å². The SMILES string of the molecule is NCc1ccc(Br)cc1OCc1ccc2c(c1)OCO2. The Kier molecular flexibility index (Phi) is 3.80. The van der Waals surface area contributed by atoms with Crippen LogP contribution in [-0.4, -0.2) is 6.79 Å². The quantitative estimate of drug-likeness (QED) is 0.932. The molecule has 1 aliphatic rings. The van der Waals surface area contributed by atoms with Crippen LogP contribution in [0.15, 0.2) is 40.9 Å². The second-order valence-corrected chi connectivity index (χ2v) is 5.35. The Balaban J connectivity index is 1.75. The third kappa shape index (κ3) is 2.73. The van der Waals surface area contributed by atoms with Crippen molar-refractivity contribution in [2.24, 2.45) is 5.73 Å². The molecular weight excluding hydrogens is 322 g/mol. The predicted octanol–water partition coefficient (Wildman–Crippen LogP) is 3.22. The van der Waals surface area contributed by atoms with Crippen molar-refractivity contribution in [2.45, 2.75) is 13.2 Å². The van der Waals surface area contributed by atoms with Crippen LogP contribution in [0.25, 0.3) is 0 Å². The van der Waals surface area contributed by atoms with Gasteiger partial charge in [-0.05, 0) is 29.8 Å².